The number of amides is 1. The molecule has 0 spiro atoms. The van der Waals surface area contributed by atoms with E-state index in [9.17, 15) is 4.79 Å². The second-order valence-corrected chi connectivity index (χ2v) is 9.04. The summed E-state index contributed by atoms with van der Waals surface area (Å²) in [6.07, 6.45) is 3.37. The number of carbonyl (C=O) groups excluding carboxylic acids is 1. The van der Waals surface area contributed by atoms with Crippen molar-refractivity contribution in [2.24, 2.45) is 0 Å². The highest BCUT2D eigenvalue weighted by atomic mass is 79.9. The zero-order valence-corrected chi connectivity index (χ0v) is 20.9. The van der Waals surface area contributed by atoms with Crippen molar-refractivity contribution in [2.75, 3.05) is 12.4 Å². The van der Waals surface area contributed by atoms with Crippen LogP contribution in [0.2, 0.25) is 0 Å². The van der Waals surface area contributed by atoms with E-state index in [1.807, 2.05) is 19.1 Å². The molecule has 0 aliphatic carbocycles. The second kappa shape index (κ2) is 9.35. The van der Waals surface area contributed by atoms with E-state index in [2.05, 4.69) is 52.5 Å². The number of methoxy groups -OCH3 is 1. The lowest BCUT2D eigenvalue weighted by Gasteiger charge is -2.13. The summed E-state index contributed by atoms with van der Waals surface area (Å²) >= 11 is 12.1. The van der Waals surface area contributed by atoms with E-state index in [1.165, 1.54) is 7.11 Å². The molecule has 32 heavy (non-hydrogen) atoms. The summed E-state index contributed by atoms with van der Waals surface area (Å²) in [5.41, 5.74) is 3.89. The van der Waals surface area contributed by atoms with Gasteiger partial charge in [-0.25, -0.2) is 4.98 Å². The zero-order chi connectivity index (χ0) is 22.8. The Hall–Kier alpha value is -2.82. The Morgan fingerprint density at radius 2 is 1.94 bits per heavy atom. The number of rotatable bonds is 4. The third-order valence-electron chi connectivity index (χ3n) is 4.51. The zero-order valence-electron chi connectivity index (χ0n) is 16.9. The summed E-state index contributed by atoms with van der Waals surface area (Å²) in [6.45, 7) is 1.86. The van der Waals surface area contributed by atoms with Crippen molar-refractivity contribution in [3.05, 3.63) is 68.9 Å². The van der Waals surface area contributed by atoms with Crippen molar-refractivity contribution >= 4 is 71.9 Å². The van der Waals surface area contributed by atoms with E-state index in [4.69, 9.17) is 21.4 Å². The van der Waals surface area contributed by atoms with E-state index in [-0.39, 0.29) is 11.0 Å². The smallest absolute Gasteiger partial charge is 0.261 e. The van der Waals surface area contributed by atoms with Gasteiger partial charge < -0.3 is 14.5 Å². The summed E-state index contributed by atoms with van der Waals surface area (Å²) in [6, 6.07) is 10.8. The van der Waals surface area contributed by atoms with E-state index >= 15 is 0 Å². The van der Waals surface area contributed by atoms with E-state index < -0.39 is 0 Å². The predicted molar refractivity (Wildman–Crippen MR) is 134 cm³/mol. The van der Waals surface area contributed by atoms with Crippen LogP contribution in [-0.4, -0.2) is 28.1 Å². The molecule has 0 atom stereocenters. The van der Waals surface area contributed by atoms with Crippen LogP contribution in [0.15, 0.2) is 62.2 Å². The minimum atomic E-state index is -0.379. The van der Waals surface area contributed by atoms with E-state index in [0.717, 1.165) is 20.1 Å². The van der Waals surface area contributed by atoms with Crippen LogP contribution in [0.3, 0.4) is 0 Å². The molecule has 2 N–H and O–H groups in total. The quantitative estimate of drug-likeness (QED) is 0.295. The number of hydrogen-bond donors (Lipinski definition) is 2. The fraction of sp³-hybridized carbons (Fsp3) is 0.0909. The minimum absolute atomic E-state index is 0.147. The SMILES string of the molecule is COc1c(C)cc(Br)cc1C(=O)NC(=S)Nc1ccc2oc(-c3cncc(Br)c3)nc2c1. The summed E-state index contributed by atoms with van der Waals surface area (Å²) < 4.78 is 12.8. The molecular formula is C22H16Br2N4O3S. The number of halogens is 2. The number of nitrogens with one attached hydrogen (secondary N) is 2. The Bertz CT molecular complexity index is 1360. The predicted octanol–water partition coefficient (Wildman–Crippen LogP) is 5.86. The molecule has 4 aromatic rings. The van der Waals surface area contributed by atoms with Gasteiger partial charge in [-0.2, -0.15) is 0 Å². The molecular weight excluding hydrogens is 560 g/mol. The normalized spacial score (nSPS) is 10.8. The van der Waals surface area contributed by atoms with Crippen molar-refractivity contribution < 1.29 is 13.9 Å². The first-order valence-corrected chi connectivity index (χ1v) is 11.3. The van der Waals surface area contributed by atoms with Gasteiger partial charge in [0, 0.05) is 27.0 Å². The van der Waals surface area contributed by atoms with Crippen molar-refractivity contribution in [2.45, 2.75) is 6.92 Å². The molecule has 4 rings (SSSR count). The molecule has 2 aromatic heterocycles. The maximum Gasteiger partial charge on any atom is 0.261 e. The Kier molecular flexibility index (Phi) is 6.54. The topological polar surface area (TPSA) is 89.3 Å². The van der Waals surface area contributed by atoms with E-state index in [1.54, 1.807) is 36.7 Å². The van der Waals surface area contributed by atoms with Crippen LogP contribution in [0.5, 0.6) is 5.75 Å². The van der Waals surface area contributed by atoms with E-state index in [0.29, 0.717) is 34.0 Å². The first-order chi connectivity index (χ1) is 15.3. The molecule has 10 heteroatoms. The number of fused-ring (bicyclic) bond motifs is 1. The average molecular weight is 576 g/mol. The maximum atomic E-state index is 12.8. The second-order valence-electron chi connectivity index (χ2n) is 6.81. The van der Waals surface area contributed by atoms with Gasteiger partial charge in [-0.05, 0) is 77.0 Å². The van der Waals surface area contributed by atoms with Crippen molar-refractivity contribution in [3.8, 4) is 17.2 Å². The van der Waals surface area contributed by atoms with Gasteiger partial charge >= 0.3 is 0 Å². The fourth-order valence-corrected chi connectivity index (χ4v) is 4.31. The molecule has 7 nitrogen and oxygen atoms in total. The number of anilines is 1. The van der Waals surface area contributed by atoms with Gasteiger partial charge in [-0.15, -0.1) is 0 Å². The summed E-state index contributed by atoms with van der Waals surface area (Å²) in [5, 5.41) is 5.83. The molecule has 0 fully saturated rings. The van der Waals surface area contributed by atoms with Crippen molar-refractivity contribution in [1.29, 1.82) is 0 Å². The Morgan fingerprint density at radius 3 is 2.69 bits per heavy atom. The standard InChI is InChI=1S/C22H16Br2N4O3S/c1-11-5-13(23)7-16(19(11)30-2)20(29)28-22(32)26-15-3-4-18-17(8-15)27-21(31-18)12-6-14(24)10-25-9-12/h3-10H,1-2H3,(H2,26,28,29,32). The van der Waals surface area contributed by atoms with Gasteiger partial charge in [0.1, 0.15) is 11.3 Å². The lowest BCUT2D eigenvalue weighted by atomic mass is 10.1. The van der Waals surface area contributed by atoms with Gasteiger partial charge in [-0.3, -0.25) is 15.1 Å². The summed E-state index contributed by atoms with van der Waals surface area (Å²) in [5.74, 6) is 0.571. The Morgan fingerprint density at radius 1 is 1.12 bits per heavy atom. The van der Waals surface area contributed by atoms with Crippen LogP contribution < -0.4 is 15.4 Å². The highest BCUT2D eigenvalue weighted by Gasteiger charge is 2.17. The van der Waals surface area contributed by atoms with Gasteiger partial charge in [-0.1, -0.05) is 15.9 Å². The molecule has 0 bridgehead atoms. The van der Waals surface area contributed by atoms with Crippen LogP contribution in [-0.2, 0) is 0 Å². The van der Waals surface area contributed by atoms with Crippen LogP contribution in [0.4, 0.5) is 5.69 Å². The number of aromatic nitrogens is 2. The Labute approximate surface area is 205 Å². The largest absolute Gasteiger partial charge is 0.496 e. The van der Waals surface area contributed by atoms with Crippen molar-refractivity contribution in [1.82, 2.24) is 15.3 Å². The number of benzene rings is 2. The number of hydrogen-bond acceptors (Lipinski definition) is 6. The highest BCUT2D eigenvalue weighted by molar-refractivity contribution is 9.10. The molecule has 1 amide bonds. The first-order valence-electron chi connectivity index (χ1n) is 9.32. The number of aryl methyl sites for hydroxylation is 1. The number of thiocarbonyl (C=S) groups is 1. The third kappa shape index (κ3) is 4.82. The molecule has 162 valence electrons. The fourth-order valence-electron chi connectivity index (χ4n) is 3.16. The molecule has 0 aliphatic heterocycles. The molecule has 2 heterocycles. The molecule has 2 aromatic carbocycles. The first kappa shape index (κ1) is 22.4. The minimum Gasteiger partial charge on any atom is -0.496 e. The molecule has 0 saturated heterocycles. The third-order valence-corrected chi connectivity index (χ3v) is 5.61. The van der Waals surface area contributed by atoms with Gasteiger partial charge in [0.05, 0.1) is 18.2 Å². The van der Waals surface area contributed by atoms with Gasteiger partial charge in [0.2, 0.25) is 5.89 Å². The highest BCUT2D eigenvalue weighted by Crippen LogP contribution is 2.29. The van der Waals surface area contributed by atoms with Crippen LogP contribution >= 0.6 is 44.1 Å². The monoisotopic (exact) mass is 574 g/mol. The number of pyridine rings is 1. The summed E-state index contributed by atoms with van der Waals surface area (Å²) in [4.78, 5) is 21.4. The molecule has 0 saturated carbocycles. The number of carbonyl (C=O) groups is 1. The number of nitrogens with zero attached hydrogens (tertiary/aromatic N) is 2. The lowest BCUT2D eigenvalue weighted by Crippen LogP contribution is -2.34. The molecule has 0 aliphatic rings. The van der Waals surface area contributed by atoms with Gasteiger partial charge in [0.25, 0.3) is 5.91 Å². The lowest BCUT2D eigenvalue weighted by molar-refractivity contribution is 0.0974. The van der Waals surface area contributed by atoms with Crippen LogP contribution in [0.1, 0.15) is 15.9 Å². The summed E-state index contributed by atoms with van der Waals surface area (Å²) in [7, 11) is 1.52. The number of oxazole rings is 1. The van der Waals surface area contributed by atoms with Crippen molar-refractivity contribution in [3.63, 3.8) is 0 Å². The molecule has 0 unspecified atom stereocenters. The van der Waals surface area contributed by atoms with Crippen LogP contribution in [0, 0.1) is 6.92 Å². The number of ether oxygens (including phenoxy) is 1. The van der Waals surface area contributed by atoms with Crippen LogP contribution in [0.25, 0.3) is 22.6 Å². The Balaban J connectivity index is 1.51. The molecule has 0 radical (unpaired) electrons. The maximum absolute atomic E-state index is 12.8. The average Bonchev–Trinajstić information content (AvgIpc) is 3.16. The van der Waals surface area contributed by atoms with Gasteiger partial charge in [0.15, 0.2) is 10.7 Å².